The maximum Gasteiger partial charge on any atom is 0.408 e. The van der Waals surface area contributed by atoms with Crippen LogP contribution in [-0.4, -0.2) is 76.6 Å². The van der Waals surface area contributed by atoms with Crippen LogP contribution in [0.3, 0.4) is 0 Å². The van der Waals surface area contributed by atoms with Crippen LogP contribution in [0.1, 0.15) is 26.3 Å². The number of benzene rings is 1. The molecule has 0 aromatic heterocycles. The molecule has 2 N–H and O–H groups in total. The molecule has 1 aliphatic heterocycles. The highest BCUT2D eigenvalue weighted by molar-refractivity contribution is 7.90. The largest absolute Gasteiger partial charge is 0.445 e. The Kier molecular flexibility index (Phi) is 8.89. The van der Waals surface area contributed by atoms with Crippen molar-refractivity contribution in [2.24, 2.45) is 0 Å². The molecule has 3 unspecified atom stereocenters. The van der Waals surface area contributed by atoms with E-state index in [9.17, 15) is 22.8 Å². The van der Waals surface area contributed by atoms with Crippen molar-refractivity contribution in [1.29, 1.82) is 0 Å². The first-order valence-electron chi connectivity index (χ1n) is 11.0. The number of hydrogen-bond donors (Lipinski definition) is 2. The summed E-state index contributed by atoms with van der Waals surface area (Å²) in [6.07, 6.45) is -0.267. The van der Waals surface area contributed by atoms with Crippen molar-refractivity contribution in [2.45, 2.75) is 63.8 Å². The summed E-state index contributed by atoms with van der Waals surface area (Å²) < 4.78 is 35.7. The van der Waals surface area contributed by atoms with Crippen LogP contribution in [-0.2, 0) is 35.5 Å². The number of alkyl carbamates (subject to hydrolysis) is 1. The zero-order chi connectivity index (χ0) is 25.7. The summed E-state index contributed by atoms with van der Waals surface area (Å²) >= 11 is 0. The number of nitrogens with zero attached hydrogens (tertiary/aromatic N) is 1. The van der Waals surface area contributed by atoms with Gasteiger partial charge < -0.3 is 24.7 Å². The lowest BCUT2D eigenvalue weighted by molar-refractivity contribution is -0.154. The molecule has 1 heterocycles. The Morgan fingerprint density at radius 3 is 2.38 bits per heavy atom. The zero-order valence-electron chi connectivity index (χ0n) is 20.5. The molecule has 0 spiro atoms. The molecule has 1 aliphatic rings. The van der Waals surface area contributed by atoms with E-state index in [1.165, 1.54) is 0 Å². The van der Waals surface area contributed by atoms with Gasteiger partial charge in [0.2, 0.25) is 12.3 Å². The first-order chi connectivity index (χ1) is 15.7. The fourth-order valence-electron chi connectivity index (χ4n) is 3.51. The van der Waals surface area contributed by atoms with Gasteiger partial charge in [0.1, 0.15) is 22.5 Å². The predicted octanol–water partition coefficient (Wildman–Crippen LogP) is 1.63. The molecule has 2 rings (SSSR count). The minimum atomic E-state index is -3.29. The van der Waals surface area contributed by atoms with Crippen molar-refractivity contribution >= 4 is 36.5 Å². The normalized spacial score (nSPS) is 19.7. The van der Waals surface area contributed by atoms with Crippen molar-refractivity contribution in [3.8, 4) is 0 Å². The number of carbonyl (C=O) groups is 3. The molecule has 0 radical (unpaired) electrons. The molecule has 34 heavy (non-hydrogen) atoms. The lowest BCUT2D eigenvalue weighted by Gasteiger charge is -2.59. The van der Waals surface area contributed by atoms with Crippen LogP contribution >= 0.6 is 0 Å². The number of carbonyl (C=O) groups excluding carboxylic acids is 3. The topological polar surface area (TPSA) is 131 Å². The Bertz CT molecular complexity index is 980. The summed E-state index contributed by atoms with van der Waals surface area (Å²) in [6, 6.07) is 7.40. The third-order valence-corrected chi connectivity index (χ3v) is 12.7. The maximum atomic E-state index is 13.2. The first-order valence-corrected chi connectivity index (χ1v) is 16.0. The second kappa shape index (κ2) is 10.9. The monoisotopic (exact) mass is 513 g/mol. The third kappa shape index (κ3) is 6.80. The maximum absolute atomic E-state index is 13.2. The van der Waals surface area contributed by atoms with E-state index >= 15 is 0 Å². The van der Waals surface area contributed by atoms with Crippen molar-refractivity contribution < 1.29 is 32.3 Å². The van der Waals surface area contributed by atoms with Crippen molar-refractivity contribution in [3.05, 3.63) is 35.9 Å². The van der Waals surface area contributed by atoms with E-state index in [2.05, 4.69) is 10.6 Å². The van der Waals surface area contributed by atoms with E-state index < -0.39 is 42.5 Å². The van der Waals surface area contributed by atoms with Crippen LogP contribution in [0.25, 0.3) is 0 Å². The lowest BCUT2D eigenvalue weighted by atomic mass is 9.97. The Labute approximate surface area is 202 Å². The van der Waals surface area contributed by atoms with Crippen LogP contribution in [0.2, 0.25) is 18.1 Å². The number of β-lactam (4-membered cyclic amide) rings is 1. The van der Waals surface area contributed by atoms with Crippen LogP contribution in [0.4, 0.5) is 4.79 Å². The van der Waals surface area contributed by atoms with Gasteiger partial charge in [-0.2, -0.15) is 0 Å². The summed E-state index contributed by atoms with van der Waals surface area (Å²) in [7, 11) is -5.74. The molecule has 1 aromatic carbocycles. The summed E-state index contributed by atoms with van der Waals surface area (Å²) in [5.74, 6) is -0.542. The molecule has 190 valence electrons. The van der Waals surface area contributed by atoms with Gasteiger partial charge in [-0.25, -0.2) is 13.2 Å². The van der Waals surface area contributed by atoms with E-state index in [4.69, 9.17) is 9.47 Å². The molecule has 0 bridgehead atoms. The molecule has 1 aromatic rings. The Morgan fingerprint density at radius 2 is 1.85 bits per heavy atom. The summed E-state index contributed by atoms with van der Waals surface area (Å²) in [4.78, 5) is 37.1. The second-order valence-electron chi connectivity index (χ2n) is 9.90. The molecule has 0 saturated carbocycles. The van der Waals surface area contributed by atoms with E-state index in [0.29, 0.717) is 6.41 Å². The molecule has 1 fully saturated rings. The van der Waals surface area contributed by atoms with Gasteiger partial charge in [0.05, 0.1) is 18.4 Å². The van der Waals surface area contributed by atoms with Crippen LogP contribution in [0.5, 0.6) is 0 Å². The van der Waals surface area contributed by atoms with Gasteiger partial charge in [0.15, 0.2) is 14.5 Å². The van der Waals surface area contributed by atoms with Gasteiger partial charge in [-0.15, -0.1) is 0 Å². The Balaban J connectivity index is 2.23. The van der Waals surface area contributed by atoms with Gasteiger partial charge in [0, 0.05) is 6.26 Å². The van der Waals surface area contributed by atoms with Crippen molar-refractivity contribution in [2.75, 3.05) is 18.6 Å². The SMILES string of the molecule is CC(C)(C)[Si](C)(C)N1C(=O)C(NC(=O)OCc2ccccc2)C1C(NC=O)OCCS(C)(=O)=O. The molecule has 10 nitrogen and oxygen atoms in total. The Morgan fingerprint density at radius 1 is 1.24 bits per heavy atom. The van der Waals surface area contributed by atoms with Gasteiger partial charge in [-0.05, 0) is 10.6 Å². The smallest absolute Gasteiger partial charge is 0.408 e. The fraction of sp³-hybridized carbons (Fsp3) is 0.591. The molecule has 3 amide bonds. The number of hydrogen-bond acceptors (Lipinski definition) is 7. The van der Waals surface area contributed by atoms with Gasteiger partial charge in [-0.1, -0.05) is 64.2 Å². The standard InChI is InChI=1S/C22H35N3O7SSi/c1-22(2,3)34(5,6)25-18(19(23-15-26)31-12-13-33(4,29)30)17(20(25)27)24-21(28)32-14-16-10-8-7-9-11-16/h7-11,15,17-19H,12-14H2,1-6H3,(H,23,26)(H,24,28). The molecule has 0 aliphatic carbocycles. The van der Waals surface area contributed by atoms with E-state index in [-0.39, 0.29) is 29.9 Å². The summed E-state index contributed by atoms with van der Waals surface area (Å²) in [5.41, 5.74) is 0.793. The van der Waals surface area contributed by atoms with Crippen LogP contribution < -0.4 is 10.6 Å². The molecular weight excluding hydrogens is 478 g/mol. The van der Waals surface area contributed by atoms with E-state index in [1.807, 2.05) is 64.2 Å². The van der Waals surface area contributed by atoms with Gasteiger partial charge >= 0.3 is 6.09 Å². The highest BCUT2D eigenvalue weighted by Crippen LogP contribution is 2.43. The van der Waals surface area contributed by atoms with Gasteiger partial charge in [0.25, 0.3) is 0 Å². The lowest BCUT2D eigenvalue weighted by Crippen LogP contribution is -2.82. The van der Waals surface area contributed by atoms with Crippen LogP contribution in [0, 0.1) is 0 Å². The number of sulfone groups is 1. The summed E-state index contributed by atoms with van der Waals surface area (Å²) in [5, 5.41) is 4.92. The van der Waals surface area contributed by atoms with E-state index in [0.717, 1.165) is 11.8 Å². The third-order valence-electron chi connectivity index (χ3n) is 6.36. The molecule has 1 saturated heterocycles. The minimum Gasteiger partial charge on any atom is -0.445 e. The zero-order valence-corrected chi connectivity index (χ0v) is 22.3. The Hall–Kier alpha value is -2.44. The van der Waals surface area contributed by atoms with Crippen molar-refractivity contribution in [3.63, 3.8) is 0 Å². The average Bonchev–Trinajstić information content (AvgIpc) is 2.72. The van der Waals surface area contributed by atoms with Crippen LogP contribution in [0.15, 0.2) is 30.3 Å². The van der Waals surface area contributed by atoms with Crippen molar-refractivity contribution in [1.82, 2.24) is 15.2 Å². The molecule has 12 heteroatoms. The minimum absolute atomic E-state index is 0.0328. The number of nitrogens with one attached hydrogen (secondary N) is 2. The number of amides is 3. The average molecular weight is 514 g/mol. The van der Waals surface area contributed by atoms with Gasteiger partial charge in [-0.3, -0.25) is 9.59 Å². The first kappa shape index (κ1) is 27.8. The number of rotatable bonds is 11. The summed E-state index contributed by atoms with van der Waals surface area (Å²) in [6.45, 7) is 10.0. The predicted molar refractivity (Wildman–Crippen MR) is 130 cm³/mol. The fourth-order valence-corrected chi connectivity index (χ4v) is 6.35. The molecule has 3 atom stereocenters. The number of ether oxygens (including phenoxy) is 2. The second-order valence-corrected chi connectivity index (χ2v) is 17.3. The molecular formula is C22H35N3O7SSi. The highest BCUT2D eigenvalue weighted by atomic mass is 32.2. The quantitative estimate of drug-likeness (QED) is 0.199. The van der Waals surface area contributed by atoms with E-state index in [1.54, 1.807) is 4.57 Å². The highest BCUT2D eigenvalue weighted by Gasteiger charge is 2.60.